The highest BCUT2D eigenvalue weighted by Gasteiger charge is 2.29. The number of H-pyrrole nitrogens is 1. The van der Waals surface area contributed by atoms with E-state index < -0.39 is 0 Å². The highest BCUT2D eigenvalue weighted by atomic mass is 16.2. The highest BCUT2D eigenvalue weighted by Crippen LogP contribution is 2.26. The van der Waals surface area contributed by atoms with E-state index in [4.69, 9.17) is 0 Å². The van der Waals surface area contributed by atoms with Crippen molar-refractivity contribution in [1.82, 2.24) is 24.8 Å². The third kappa shape index (κ3) is 5.14. The molecule has 2 aromatic heterocycles. The van der Waals surface area contributed by atoms with Gasteiger partial charge in [-0.15, -0.1) is 0 Å². The van der Waals surface area contributed by atoms with Crippen LogP contribution in [0.2, 0.25) is 0 Å². The fourth-order valence-corrected chi connectivity index (χ4v) is 4.17. The van der Waals surface area contributed by atoms with Gasteiger partial charge in [-0.3, -0.25) is 4.79 Å². The number of benzene rings is 1. The Morgan fingerprint density at radius 2 is 2.03 bits per heavy atom. The maximum atomic E-state index is 13.2. The number of carbonyl (C=O) groups is 1. The molecular weight excluding hydrogens is 390 g/mol. The summed E-state index contributed by atoms with van der Waals surface area (Å²) in [4.78, 5) is 31.7. The monoisotopic (exact) mass is 421 g/mol. The largest absolute Gasteiger partial charge is 0.376 e. The average molecular weight is 422 g/mol. The summed E-state index contributed by atoms with van der Waals surface area (Å²) in [5.74, 6) is 1.07. The van der Waals surface area contributed by atoms with Crippen LogP contribution in [-0.4, -0.2) is 83.5 Å². The van der Waals surface area contributed by atoms with Crippen LogP contribution < -0.4 is 10.2 Å². The van der Waals surface area contributed by atoms with Gasteiger partial charge in [0.15, 0.2) is 0 Å². The molecule has 8 nitrogen and oxygen atoms in total. The summed E-state index contributed by atoms with van der Waals surface area (Å²) in [7, 11) is 4.09. The Kier molecular flexibility index (Phi) is 6.66. The van der Waals surface area contributed by atoms with Gasteiger partial charge in [0, 0.05) is 44.1 Å². The molecular formula is C23H31N7O. The van der Waals surface area contributed by atoms with Gasteiger partial charge < -0.3 is 25.0 Å². The highest BCUT2D eigenvalue weighted by molar-refractivity contribution is 5.87. The van der Waals surface area contributed by atoms with Gasteiger partial charge in [0.05, 0.1) is 11.9 Å². The van der Waals surface area contributed by atoms with E-state index in [1.807, 2.05) is 56.7 Å². The molecule has 1 atom stereocenters. The van der Waals surface area contributed by atoms with Crippen LogP contribution >= 0.6 is 0 Å². The van der Waals surface area contributed by atoms with Crippen LogP contribution in [0.5, 0.6) is 0 Å². The molecule has 1 saturated heterocycles. The SMILES string of the molecule is CN(C)CCN(C(=O)CNc1ccccc1)[C@H]1CCCN(c2ncnc3[nH]ccc23)C1. The summed E-state index contributed by atoms with van der Waals surface area (Å²) >= 11 is 0. The maximum absolute atomic E-state index is 13.2. The maximum Gasteiger partial charge on any atom is 0.242 e. The first-order valence-corrected chi connectivity index (χ1v) is 10.9. The van der Waals surface area contributed by atoms with Gasteiger partial charge >= 0.3 is 0 Å². The number of nitrogens with one attached hydrogen (secondary N) is 2. The number of nitrogens with zero attached hydrogens (tertiary/aromatic N) is 5. The number of hydrogen-bond acceptors (Lipinski definition) is 6. The van der Waals surface area contributed by atoms with Gasteiger partial charge in [0.25, 0.3) is 0 Å². The number of likely N-dealkylation sites (N-methyl/N-ethyl adjacent to an activating group) is 1. The van der Waals surface area contributed by atoms with Crippen LogP contribution in [0.25, 0.3) is 11.0 Å². The van der Waals surface area contributed by atoms with Gasteiger partial charge in [0.2, 0.25) is 5.91 Å². The summed E-state index contributed by atoms with van der Waals surface area (Å²) in [6, 6.07) is 12.1. The fourth-order valence-electron chi connectivity index (χ4n) is 4.17. The van der Waals surface area contributed by atoms with Gasteiger partial charge in [-0.1, -0.05) is 18.2 Å². The van der Waals surface area contributed by atoms with Crippen LogP contribution in [-0.2, 0) is 4.79 Å². The minimum atomic E-state index is 0.132. The van der Waals surface area contributed by atoms with Crippen molar-refractivity contribution in [3.05, 3.63) is 48.9 Å². The molecule has 31 heavy (non-hydrogen) atoms. The van der Waals surface area contributed by atoms with Crippen molar-refractivity contribution in [2.24, 2.45) is 0 Å². The van der Waals surface area contributed by atoms with E-state index >= 15 is 0 Å². The number of hydrogen-bond donors (Lipinski definition) is 2. The zero-order valence-corrected chi connectivity index (χ0v) is 18.3. The molecule has 0 bridgehead atoms. The van der Waals surface area contributed by atoms with Crippen LogP contribution in [0.3, 0.4) is 0 Å². The third-order valence-electron chi connectivity index (χ3n) is 5.80. The van der Waals surface area contributed by atoms with Crippen LogP contribution in [0.15, 0.2) is 48.9 Å². The van der Waals surface area contributed by atoms with Crippen LogP contribution in [0.1, 0.15) is 12.8 Å². The van der Waals surface area contributed by atoms with E-state index in [1.165, 1.54) is 0 Å². The number of aromatic nitrogens is 3. The quantitative estimate of drug-likeness (QED) is 0.582. The summed E-state index contributed by atoms with van der Waals surface area (Å²) < 4.78 is 0. The van der Waals surface area contributed by atoms with Crippen molar-refractivity contribution in [1.29, 1.82) is 0 Å². The zero-order valence-electron chi connectivity index (χ0n) is 18.3. The Balaban J connectivity index is 1.48. The fraction of sp³-hybridized carbons (Fsp3) is 0.435. The number of piperidine rings is 1. The second kappa shape index (κ2) is 9.78. The van der Waals surface area contributed by atoms with Crippen molar-refractivity contribution in [2.45, 2.75) is 18.9 Å². The average Bonchev–Trinajstić information content (AvgIpc) is 3.27. The van der Waals surface area contributed by atoms with Crippen molar-refractivity contribution >= 4 is 28.4 Å². The van der Waals surface area contributed by atoms with E-state index in [9.17, 15) is 4.79 Å². The predicted octanol–water partition coefficient (Wildman–Crippen LogP) is 2.43. The molecule has 164 valence electrons. The molecule has 0 unspecified atom stereocenters. The minimum Gasteiger partial charge on any atom is -0.376 e. The Morgan fingerprint density at radius 3 is 2.84 bits per heavy atom. The van der Waals surface area contributed by atoms with E-state index in [0.717, 1.165) is 55.0 Å². The van der Waals surface area contributed by atoms with E-state index in [-0.39, 0.29) is 11.9 Å². The first kappa shape index (κ1) is 21.1. The standard InChI is InChI=1S/C23H31N7O/c1-28(2)13-14-30(21(31)15-25-18-7-4-3-5-8-18)19-9-6-12-29(16-19)23-20-10-11-24-22(20)26-17-27-23/h3-5,7-8,10-11,17,19,25H,6,9,12-16H2,1-2H3,(H,24,26,27)/t19-/m0/s1. The molecule has 1 fully saturated rings. The predicted molar refractivity (Wildman–Crippen MR) is 124 cm³/mol. The lowest BCUT2D eigenvalue weighted by Crippen LogP contribution is -2.53. The summed E-state index contributed by atoms with van der Waals surface area (Å²) in [6.45, 7) is 3.56. The van der Waals surface area contributed by atoms with Crippen molar-refractivity contribution in [3.63, 3.8) is 0 Å². The molecule has 0 radical (unpaired) electrons. The number of fused-ring (bicyclic) bond motifs is 1. The molecule has 1 aromatic carbocycles. The van der Waals surface area contributed by atoms with Gasteiger partial charge in [-0.25, -0.2) is 9.97 Å². The zero-order chi connectivity index (χ0) is 21.6. The molecule has 3 aromatic rings. The minimum absolute atomic E-state index is 0.132. The molecule has 1 amide bonds. The number of anilines is 2. The molecule has 1 aliphatic rings. The van der Waals surface area contributed by atoms with Crippen molar-refractivity contribution in [2.75, 3.05) is 57.0 Å². The molecule has 1 aliphatic heterocycles. The molecule has 8 heteroatoms. The second-order valence-corrected chi connectivity index (χ2v) is 8.29. The Bertz CT molecular complexity index is 988. The van der Waals surface area contributed by atoms with Gasteiger partial charge in [-0.05, 0) is 45.1 Å². The number of carbonyl (C=O) groups excluding carboxylic acids is 1. The van der Waals surface area contributed by atoms with Gasteiger partial charge in [0.1, 0.15) is 17.8 Å². The Morgan fingerprint density at radius 1 is 1.19 bits per heavy atom. The third-order valence-corrected chi connectivity index (χ3v) is 5.80. The molecule has 2 N–H and O–H groups in total. The lowest BCUT2D eigenvalue weighted by atomic mass is 10.0. The number of aromatic amines is 1. The summed E-state index contributed by atoms with van der Waals surface area (Å²) in [5, 5.41) is 4.30. The summed E-state index contributed by atoms with van der Waals surface area (Å²) in [6.07, 6.45) is 5.53. The number of amides is 1. The van der Waals surface area contributed by atoms with Crippen molar-refractivity contribution < 1.29 is 4.79 Å². The topological polar surface area (TPSA) is 80.4 Å². The molecule has 0 aliphatic carbocycles. The Hall–Kier alpha value is -3.13. The molecule has 0 spiro atoms. The molecule has 0 saturated carbocycles. The normalized spacial score (nSPS) is 16.6. The number of para-hydroxylation sites is 1. The first-order valence-electron chi connectivity index (χ1n) is 10.9. The lowest BCUT2D eigenvalue weighted by molar-refractivity contribution is -0.132. The smallest absolute Gasteiger partial charge is 0.242 e. The molecule has 3 heterocycles. The van der Waals surface area contributed by atoms with E-state index in [2.05, 4.69) is 35.0 Å². The van der Waals surface area contributed by atoms with Gasteiger partial charge in [-0.2, -0.15) is 0 Å². The first-order chi connectivity index (χ1) is 15.1. The van der Waals surface area contributed by atoms with Crippen molar-refractivity contribution in [3.8, 4) is 0 Å². The van der Waals surface area contributed by atoms with Crippen LogP contribution in [0.4, 0.5) is 11.5 Å². The molecule has 4 rings (SSSR count). The van der Waals surface area contributed by atoms with Crippen LogP contribution in [0, 0.1) is 0 Å². The Labute approximate surface area is 183 Å². The second-order valence-electron chi connectivity index (χ2n) is 8.29. The van der Waals surface area contributed by atoms with E-state index in [1.54, 1.807) is 6.33 Å². The summed E-state index contributed by atoms with van der Waals surface area (Å²) in [5.41, 5.74) is 1.81. The lowest BCUT2D eigenvalue weighted by Gasteiger charge is -2.40. The van der Waals surface area contributed by atoms with E-state index in [0.29, 0.717) is 13.1 Å². The number of rotatable bonds is 8.